The van der Waals surface area contributed by atoms with E-state index in [0.29, 0.717) is 16.7 Å². The van der Waals surface area contributed by atoms with Crippen LogP contribution in [0, 0.1) is 16.7 Å². The predicted molar refractivity (Wildman–Crippen MR) is 181 cm³/mol. The highest BCUT2D eigenvalue weighted by molar-refractivity contribution is 5.37. The Bertz CT molecular complexity index is 1200. The van der Waals surface area contributed by atoms with Gasteiger partial charge < -0.3 is 0 Å². The lowest BCUT2D eigenvalue weighted by molar-refractivity contribution is 0.255. The summed E-state index contributed by atoms with van der Waals surface area (Å²) < 4.78 is 0. The smallest absolute Gasteiger partial charge is 0.00285 e. The molecule has 0 aromatic carbocycles. The molecule has 0 radical (unpaired) electrons. The monoisotopic (exact) mass is 536 g/mol. The Hall–Kier alpha value is -2.86. The maximum Gasteiger partial charge on any atom is 0.00285 e. The molecule has 0 nitrogen and oxygen atoms in total. The lowest BCUT2D eigenvalue weighted by atomic mass is 9.68. The standard InChI is InChI=1S/C40H56/c1-31(19-13-21-33(3)25-27-37-35(5)23-15-29-39(37,7)8)17-11-12-18-32(2)20-14-22-34(4)26-28-38-36(6)24-16-30-40(38,9)10/h11-14,17-23,25-28,37H,15-16,24,29-30H2,1-10H3/b12-11+,19-13+,20-14+,27-25+,28-26-,31-17+,32-18-,33-21+,34-22+/t37-/m0/s1. The second-order valence-electron chi connectivity index (χ2n) is 13.3. The summed E-state index contributed by atoms with van der Waals surface area (Å²) >= 11 is 0. The van der Waals surface area contributed by atoms with E-state index in [2.05, 4.69) is 160 Å². The van der Waals surface area contributed by atoms with Gasteiger partial charge in [-0.15, -0.1) is 0 Å². The first kappa shape index (κ1) is 33.3. The average Bonchev–Trinajstić information content (AvgIpc) is 2.85. The molecule has 0 heteroatoms. The van der Waals surface area contributed by atoms with E-state index < -0.39 is 0 Å². The summed E-state index contributed by atoms with van der Waals surface area (Å²) in [6.45, 7) is 22.7. The maximum absolute atomic E-state index is 2.41. The van der Waals surface area contributed by atoms with E-state index in [4.69, 9.17) is 0 Å². The van der Waals surface area contributed by atoms with Gasteiger partial charge in [0.1, 0.15) is 0 Å². The fraction of sp³-hybridized carbons (Fsp3) is 0.450. The summed E-state index contributed by atoms with van der Waals surface area (Å²) in [4.78, 5) is 0. The van der Waals surface area contributed by atoms with Crippen molar-refractivity contribution in [3.05, 3.63) is 130 Å². The predicted octanol–water partition coefficient (Wildman–Crippen LogP) is 12.5. The van der Waals surface area contributed by atoms with Crippen LogP contribution in [-0.2, 0) is 0 Å². The largest absolute Gasteiger partial charge is 0.0850 e. The second-order valence-corrected chi connectivity index (χ2v) is 13.3. The van der Waals surface area contributed by atoms with Crippen molar-refractivity contribution in [2.24, 2.45) is 16.7 Å². The fourth-order valence-corrected chi connectivity index (χ4v) is 5.80. The molecule has 2 aliphatic carbocycles. The summed E-state index contributed by atoms with van der Waals surface area (Å²) in [6.07, 6.45) is 39.5. The minimum Gasteiger partial charge on any atom is -0.0850 e. The normalized spacial score (nSPS) is 23.6. The van der Waals surface area contributed by atoms with Crippen LogP contribution in [0.2, 0.25) is 0 Å². The quantitative estimate of drug-likeness (QED) is 0.192. The van der Waals surface area contributed by atoms with Crippen molar-refractivity contribution in [2.75, 3.05) is 0 Å². The molecule has 0 unspecified atom stereocenters. The molecule has 0 fully saturated rings. The van der Waals surface area contributed by atoms with Crippen molar-refractivity contribution >= 4 is 0 Å². The minimum absolute atomic E-state index is 0.291. The van der Waals surface area contributed by atoms with Crippen LogP contribution in [0.1, 0.15) is 101 Å². The summed E-state index contributed by atoms with van der Waals surface area (Å²) in [5.41, 5.74) is 10.2. The first-order chi connectivity index (χ1) is 18.8. The number of hydrogen-bond donors (Lipinski definition) is 0. The molecule has 0 bridgehead atoms. The number of rotatable bonds is 10. The Morgan fingerprint density at radius 3 is 1.77 bits per heavy atom. The highest BCUT2D eigenvalue weighted by atomic mass is 14.3. The number of allylic oxidation sites excluding steroid dienone is 22. The van der Waals surface area contributed by atoms with Gasteiger partial charge in [0.15, 0.2) is 0 Å². The third-order valence-electron chi connectivity index (χ3n) is 8.46. The van der Waals surface area contributed by atoms with Crippen LogP contribution >= 0.6 is 0 Å². The van der Waals surface area contributed by atoms with Gasteiger partial charge in [0.2, 0.25) is 0 Å². The fourth-order valence-electron chi connectivity index (χ4n) is 5.80. The molecule has 40 heavy (non-hydrogen) atoms. The first-order valence-corrected chi connectivity index (χ1v) is 15.3. The maximum atomic E-state index is 2.41. The zero-order chi connectivity index (χ0) is 29.8. The Labute approximate surface area is 247 Å². The van der Waals surface area contributed by atoms with E-state index in [1.54, 1.807) is 5.57 Å². The molecule has 0 spiro atoms. The van der Waals surface area contributed by atoms with Gasteiger partial charge in [-0.3, -0.25) is 0 Å². The summed E-state index contributed by atoms with van der Waals surface area (Å²) in [7, 11) is 0. The van der Waals surface area contributed by atoms with Gasteiger partial charge in [0.25, 0.3) is 0 Å². The zero-order valence-corrected chi connectivity index (χ0v) is 27.3. The molecular weight excluding hydrogens is 480 g/mol. The molecule has 216 valence electrons. The Morgan fingerprint density at radius 1 is 0.700 bits per heavy atom. The van der Waals surface area contributed by atoms with Crippen LogP contribution in [0.5, 0.6) is 0 Å². The van der Waals surface area contributed by atoms with Crippen molar-refractivity contribution in [3.63, 3.8) is 0 Å². The molecule has 0 aromatic rings. The van der Waals surface area contributed by atoms with Gasteiger partial charge in [-0.25, -0.2) is 0 Å². The van der Waals surface area contributed by atoms with E-state index >= 15 is 0 Å². The highest BCUT2D eigenvalue weighted by Crippen LogP contribution is 2.42. The molecule has 2 aliphatic rings. The van der Waals surface area contributed by atoms with E-state index in [1.165, 1.54) is 65.5 Å². The summed E-state index contributed by atoms with van der Waals surface area (Å²) in [6, 6.07) is 0. The molecule has 1 atom stereocenters. The van der Waals surface area contributed by atoms with Crippen LogP contribution < -0.4 is 0 Å². The zero-order valence-electron chi connectivity index (χ0n) is 27.3. The van der Waals surface area contributed by atoms with Crippen molar-refractivity contribution in [3.8, 4) is 0 Å². The van der Waals surface area contributed by atoms with Gasteiger partial charge in [-0.05, 0) is 90.0 Å². The van der Waals surface area contributed by atoms with Crippen molar-refractivity contribution < 1.29 is 0 Å². The Kier molecular flexibility index (Phi) is 13.2. The van der Waals surface area contributed by atoms with Gasteiger partial charge in [0.05, 0.1) is 0 Å². The molecule has 0 saturated carbocycles. The van der Waals surface area contributed by atoms with E-state index in [9.17, 15) is 0 Å². The molecule has 0 aliphatic heterocycles. The molecule has 0 heterocycles. The first-order valence-electron chi connectivity index (χ1n) is 15.3. The second kappa shape index (κ2) is 15.8. The van der Waals surface area contributed by atoms with Crippen molar-refractivity contribution in [1.82, 2.24) is 0 Å². The molecule has 0 aromatic heterocycles. The van der Waals surface area contributed by atoms with Crippen LogP contribution in [0.3, 0.4) is 0 Å². The summed E-state index contributed by atoms with van der Waals surface area (Å²) in [5, 5.41) is 0. The van der Waals surface area contributed by atoms with Gasteiger partial charge >= 0.3 is 0 Å². The van der Waals surface area contributed by atoms with Crippen molar-refractivity contribution in [1.29, 1.82) is 0 Å². The molecule has 0 amide bonds. The van der Waals surface area contributed by atoms with Crippen LogP contribution in [0.4, 0.5) is 0 Å². The lowest BCUT2D eigenvalue weighted by Gasteiger charge is -2.36. The molecular formula is C40H56. The topological polar surface area (TPSA) is 0 Å². The lowest BCUT2D eigenvalue weighted by Crippen LogP contribution is -2.26. The summed E-state index contributed by atoms with van der Waals surface area (Å²) in [5.74, 6) is 0.532. The van der Waals surface area contributed by atoms with Crippen LogP contribution in [-0.4, -0.2) is 0 Å². The highest BCUT2D eigenvalue weighted by Gasteiger charge is 2.30. The van der Waals surface area contributed by atoms with Crippen LogP contribution in [0.15, 0.2) is 130 Å². The number of hydrogen-bond acceptors (Lipinski definition) is 0. The third-order valence-corrected chi connectivity index (χ3v) is 8.46. The Balaban J connectivity index is 1.88. The van der Waals surface area contributed by atoms with E-state index in [-0.39, 0.29) is 0 Å². The molecule has 0 saturated heterocycles. The minimum atomic E-state index is 0.291. The molecule has 2 rings (SSSR count). The average molecular weight is 537 g/mol. The SMILES string of the molecule is CC1=CCCC(C)(C)[C@H]1/C=C/C(C)=C/C=C/C(C)=C/C=C/C=C(C)\C=C\C=C(C)\C=C/C1=C(C)CCCC1(C)C. The van der Waals surface area contributed by atoms with Crippen LogP contribution in [0.25, 0.3) is 0 Å². The van der Waals surface area contributed by atoms with Gasteiger partial charge in [-0.1, -0.05) is 152 Å². The molecule has 0 N–H and O–H groups in total. The third kappa shape index (κ3) is 11.3. The van der Waals surface area contributed by atoms with Gasteiger partial charge in [0, 0.05) is 5.92 Å². The van der Waals surface area contributed by atoms with Crippen molar-refractivity contribution in [2.45, 2.75) is 101 Å². The van der Waals surface area contributed by atoms with E-state index in [1.807, 2.05) is 0 Å². The van der Waals surface area contributed by atoms with Gasteiger partial charge in [-0.2, -0.15) is 0 Å². The Morgan fingerprint density at radius 2 is 1.23 bits per heavy atom. The van der Waals surface area contributed by atoms with E-state index in [0.717, 1.165) is 0 Å².